The van der Waals surface area contributed by atoms with Gasteiger partial charge in [0, 0.05) is 0 Å². The number of hydrogen-bond acceptors (Lipinski definition) is 0. The van der Waals surface area contributed by atoms with E-state index >= 15 is 0 Å². The van der Waals surface area contributed by atoms with E-state index in [-0.39, 0.29) is 12.4 Å². The second-order valence-corrected chi connectivity index (χ2v) is 10.8. The summed E-state index contributed by atoms with van der Waals surface area (Å²) in [5.74, 6) is 0. The average Bonchev–Trinajstić information content (AvgIpc) is 2.67. The van der Waals surface area contributed by atoms with Crippen LogP contribution < -0.4 is 12.4 Å². The van der Waals surface area contributed by atoms with E-state index in [0.29, 0.717) is 0 Å². The maximum absolute atomic E-state index is 2.30. The van der Waals surface area contributed by atoms with Gasteiger partial charge in [-0.2, -0.15) is 0 Å². The second-order valence-electron chi connectivity index (χ2n) is 10.8. The fraction of sp³-hybridized carbons (Fsp3) is 1.00. The summed E-state index contributed by atoms with van der Waals surface area (Å²) in [6.07, 6.45) is 33.8. The van der Waals surface area contributed by atoms with Crippen LogP contribution in [0.3, 0.4) is 0 Å². The maximum atomic E-state index is 2.30. The van der Waals surface area contributed by atoms with Crippen molar-refractivity contribution in [1.29, 1.82) is 0 Å². The van der Waals surface area contributed by atoms with Crippen molar-refractivity contribution in [1.82, 2.24) is 0 Å². The van der Waals surface area contributed by atoms with Gasteiger partial charge in [-0.25, -0.2) is 0 Å². The molecule has 0 saturated carbocycles. The van der Waals surface area contributed by atoms with Gasteiger partial charge in [-0.3, -0.25) is 0 Å². The molecule has 0 rings (SSSR count). The Bertz CT molecular complexity index is 298. The van der Waals surface area contributed by atoms with E-state index in [1.54, 1.807) is 0 Å². The summed E-state index contributed by atoms with van der Waals surface area (Å²) in [5, 5.41) is 0. The lowest BCUT2D eigenvalue weighted by molar-refractivity contribution is -0.870. The van der Waals surface area contributed by atoms with Gasteiger partial charge in [0.05, 0.1) is 27.7 Å². The number of halogens is 1. The van der Waals surface area contributed by atoms with Gasteiger partial charge in [-0.15, -0.1) is 0 Å². The Morgan fingerprint density at radius 2 is 0.533 bits per heavy atom. The molecule has 0 unspecified atom stereocenters. The summed E-state index contributed by atoms with van der Waals surface area (Å²) < 4.78 is 1.12. The molecular formula is C28H60ClN. The first kappa shape index (κ1) is 32.4. The molecule has 0 fully saturated rings. The fourth-order valence-corrected chi connectivity index (χ4v) is 4.37. The highest BCUT2D eigenvalue weighted by Gasteiger charge is 2.05. The van der Waals surface area contributed by atoms with Crippen molar-refractivity contribution in [3.8, 4) is 0 Å². The van der Waals surface area contributed by atoms with Gasteiger partial charge >= 0.3 is 0 Å². The normalized spacial score (nSPS) is 11.6. The Balaban J connectivity index is 0. The van der Waals surface area contributed by atoms with E-state index in [1.807, 2.05) is 0 Å². The number of hydrogen-bond donors (Lipinski definition) is 0. The first-order chi connectivity index (χ1) is 14.1. The lowest BCUT2D eigenvalue weighted by Gasteiger charge is -2.23. The molecule has 0 aliphatic rings. The molecule has 2 heteroatoms. The van der Waals surface area contributed by atoms with Crippen molar-refractivity contribution in [3.63, 3.8) is 0 Å². The molecule has 0 bridgehead atoms. The average molecular weight is 446 g/mol. The van der Waals surface area contributed by atoms with Crippen LogP contribution in [-0.2, 0) is 0 Å². The molecule has 0 aliphatic heterocycles. The predicted molar refractivity (Wildman–Crippen MR) is 135 cm³/mol. The van der Waals surface area contributed by atoms with E-state index in [4.69, 9.17) is 0 Å². The quantitative estimate of drug-likeness (QED) is 0.115. The standard InChI is InChI=1S/C28H60N.ClH/c1-5-6-7-8-9-10-11-12-13-14-15-16-17-18-19-20-21-22-23-24-25-26-27-28-29(2,3)4;/h5-28H2,1-4H3;1H/q+1;/p-1. The summed E-state index contributed by atoms with van der Waals surface area (Å²) >= 11 is 0. The maximum Gasteiger partial charge on any atom is 0.0780 e. The smallest absolute Gasteiger partial charge is 0.0780 e. The molecule has 0 aromatic carbocycles. The van der Waals surface area contributed by atoms with Gasteiger partial charge < -0.3 is 16.9 Å². The van der Waals surface area contributed by atoms with Crippen LogP contribution >= 0.6 is 0 Å². The summed E-state index contributed by atoms with van der Waals surface area (Å²) in [5.41, 5.74) is 0. The molecule has 0 aromatic rings. The van der Waals surface area contributed by atoms with Crippen molar-refractivity contribution >= 4 is 0 Å². The van der Waals surface area contributed by atoms with Crippen LogP contribution in [0.2, 0.25) is 0 Å². The molecule has 0 aliphatic carbocycles. The largest absolute Gasteiger partial charge is 1.00 e. The van der Waals surface area contributed by atoms with Crippen LogP contribution in [0, 0.1) is 0 Å². The molecule has 0 aromatic heterocycles. The van der Waals surface area contributed by atoms with E-state index in [1.165, 1.54) is 154 Å². The molecule has 0 atom stereocenters. The lowest BCUT2D eigenvalue weighted by atomic mass is 10.0. The van der Waals surface area contributed by atoms with Crippen molar-refractivity contribution in [2.24, 2.45) is 0 Å². The SMILES string of the molecule is CCCCCCCCCCCCCCCCCCCCCCCCC[N+](C)(C)C.[Cl-]. The third kappa shape index (κ3) is 30.4. The fourth-order valence-electron chi connectivity index (χ4n) is 4.37. The van der Waals surface area contributed by atoms with Crippen LogP contribution in [0.5, 0.6) is 0 Å². The van der Waals surface area contributed by atoms with Crippen LogP contribution in [-0.4, -0.2) is 32.2 Å². The molecule has 184 valence electrons. The van der Waals surface area contributed by atoms with Gasteiger partial charge in [0.25, 0.3) is 0 Å². The Labute approximate surface area is 199 Å². The van der Waals surface area contributed by atoms with Gasteiger partial charge in [0.1, 0.15) is 0 Å². The van der Waals surface area contributed by atoms with Crippen molar-refractivity contribution in [2.75, 3.05) is 27.7 Å². The summed E-state index contributed by atoms with van der Waals surface area (Å²) in [7, 11) is 6.91. The molecule has 0 N–H and O–H groups in total. The molecule has 0 amide bonds. The zero-order valence-corrected chi connectivity index (χ0v) is 22.6. The van der Waals surface area contributed by atoms with E-state index in [0.717, 1.165) is 4.48 Å². The van der Waals surface area contributed by atoms with Gasteiger partial charge in [0.2, 0.25) is 0 Å². The minimum absolute atomic E-state index is 0. The van der Waals surface area contributed by atoms with Gasteiger partial charge in [-0.05, 0) is 12.8 Å². The van der Waals surface area contributed by atoms with Crippen LogP contribution in [0.4, 0.5) is 0 Å². The van der Waals surface area contributed by atoms with Crippen LogP contribution in [0.1, 0.15) is 155 Å². The highest BCUT2D eigenvalue weighted by molar-refractivity contribution is 4.51. The number of unbranched alkanes of at least 4 members (excludes halogenated alkanes) is 22. The highest BCUT2D eigenvalue weighted by Crippen LogP contribution is 2.15. The van der Waals surface area contributed by atoms with Crippen LogP contribution in [0.25, 0.3) is 0 Å². The molecule has 30 heavy (non-hydrogen) atoms. The van der Waals surface area contributed by atoms with Crippen LogP contribution in [0.15, 0.2) is 0 Å². The molecule has 0 radical (unpaired) electrons. The zero-order valence-electron chi connectivity index (χ0n) is 21.8. The van der Waals surface area contributed by atoms with E-state index in [2.05, 4.69) is 28.1 Å². The predicted octanol–water partition coefficient (Wildman–Crippen LogP) is 6.69. The molecule has 0 heterocycles. The Kier molecular flexibility index (Phi) is 27.6. The second kappa shape index (κ2) is 25.5. The Morgan fingerprint density at radius 1 is 0.333 bits per heavy atom. The number of nitrogens with zero attached hydrogens (tertiary/aromatic N) is 1. The third-order valence-electron chi connectivity index (χ3n) is 6.43. The van der Waals surface area contributed by atoms with Gasteiger partial charge in [0.15, 0.2) is 0 Å². The van der Waals surface area contributed by atoms with Crippen molar-refractivity contribution in [3.05, 3.63) is 0 Å². The number of rotatable bonds is 24. The summed E-state index contributed by atoms with van der Waals surface area (Å²) in [6, 6.07) is 0. The molecule has 1 nitrogen and oxygen atoms in total. The van der Waals surface area contributed by atoms with E-state index < -0.39 is 0 Å². The first-order valence-electron chi connectivity index (χ1n) is 13.9. The first-order valence-corrected chi connectivity index (χ1v) is 13.9. The Hall–Kier alpha value is 0.250. The molecule has 0 spiro atoms. The monoisotopic (exact) mass is 445 g/mol. The minimum atomic E-state index is 0. The van der Waals surface area contributed by atoms with E-state index in [9.17, 15) is 0 Å². The minimum Gasteiger partial charge on any atom is -1.00 e. The third-order valence-corrected chi connectivity index (χ3v) is 6.43. The molecular weight excluding hydrogens is 386 g/mol. The van der Waals surface area contributed by atoms with Crippen molar-refractivity contribution in [2.45, 2.75) is 155 Å². The summed E-state index contributed by atoms with van der Waals surface area (Å²) in [4.78, 5) is 0. The number of quaternary nitrogens is 1. The summed E-state index contributed by atoms with van der Waals surface area (Å²) in [6.45, 7) is 3.64. The molecule has 0 saturated heterocycles. The topological polar surface area (TPSA) is 0 Å². The Morgan fingerprint density at radius 3 is 0.733 bits per heavy atom. The zero-order chi connectivity index (χ0) is 21.5. The highest BCUT2D eigenvalue weighted by atomic mass is 35.5. The van der Waals surface area contributed by atoms with Gasteiger partial charge in [-0.1, -0.05) is 142 Å². The lowest BCUT2D eigenvalue weighted by Crippen LogP contribution is -3.00. The van der Waals surface area contributed by atoms with Crippen molar-refractivity contribution < 1.29 is 16.9 Å².